The summed E-state index contributed by atoms with van der Waals surface area (Å²) in [5, 5.41) is 2.52. The van der Waals surface area contributed by atoms with Crippen molar-refractivity contribution < 1.29 is 31.5 Å². The molecule has 2 aromatic carbocycles. The van der Waals surface area contributed by atoms with Crippen molar-refractivity contribution in [1.82, 2.24) is 24.9 Å². The van der Waals surface area contributed by atoms with Crippen LogP contribution in [0.5, 0.6) is 0 Å². The lowest BCUT2D eigenvalue weighted by molar-refractivity contribution is -0.129. The fourth-order valence-electron chi connectivity index (χ4n) is 11.3. The Hall–Kier alpha value is -3.59. The highest BCUT2D eigenvalue weighted by molar-refractivity contribution is 7.92. The van der Waals surface area contributed by atoms with Crippen molar-refractivity contribution >= 4 is 27.5 Å². The number of alkyl carbamates (subject to hydrolysis) is 1. The Labute approximate surface area is 355 Å². The molecule has 5 saturated heterocycles. The third kappa shape index (κ3) is 9.27. The Morgan fingerprint density at radius 3 is 2.30 bits per heavy atom. The van der Waals surface area contributed by atoms with Crippen molar-refractivity contribution in [3.05, 3.63) is 72.1 Å². The third-order valence-corrected chi connectivity index (χ3v) is 16.9. The predicted octanol–water partition coefficient (Wildman–Crippen LogP) is 5.65. The van der Waals surface area contributed by atoms with Gasteiger partial charge in [-0.2, -0.15) is 0 Å². The first kappa shape index (κ1) is 43.1. The topological polar surface area (TPSA) is 106 Å². The zero-order valence-corrected chi connectivity index (χ0v) is 36.1. The molecular formula is C46H64F2N6O5S. The average Bonchev–Trinajstić information content (AvgIpc) is 3.84. The monoisotopic (exact) mass is 850 g/mol. The lowest BCUT2D eigenvalue weighted by Gasteiger charge is -2.53. The number of piperidine rings is 2. The number of ether oxygens (including phenoxy) is 1. The minimum Gasteiger partial charge on any atom is -0.453 e. The zero-order chi connectivity index (χ0) is 41.9. The van der Waals surface area contributed by atoms with Gasteiger partial charge in [0.05, 0.1) is 18.6 Å². The van der Waals surface area contributed by atoms with Crippen molar-refractivity contribution in [3.63, 3.8) is 0 Å². The Morgan fingerprint density at radius 2 is 1.62 bits per heavy atom. The van der Waals surface area contributed by atoms with Crippen molar-refractivity contribution in [3.8, 4) is 0 Å². The fraction of sp³-hybridized carbons (Fsp3) is 0.652. The number of amides is 2. The van der Waals surface area contributed by atoms with E-state index in [4.69, 9.17) is 4.74 Å². The number of alkyl halides is 1. The second-order valence-electron chi connectivity index (χ2n) is 18.5. The fourth-order valence-corrected chi connectivity index (χ4v) is 13.0. The molecule has 0 unspecified atom stereocenters. The molecule has 2 amide bonds. The molecule has 14 heteroatoms. The number of methoxy groups -OCH3 is 1. The number of nitrogens with zero attached hydrogens (tertiary/aromatic N) is 5. The SMILES string of the molecule is COC(=O)N[C@H]1CCC[C@@H]1[C@](CN1CCC1)(c1cccc(F)c1)C1CCN(C[C@]2(F)CCN(c3ccc(S(=O)(=O)C4CN(C(=O)/C=C/CN5CCCCC5)C4)cc3)C2)CC1. The van der Waals surface area contributed by atoms with Gasteiger partial charge < -0.3 is 29.7 Å². The van der Waals surface area contributed by atoms with Crippen LogP contribution in [0.3, 0.4) is 0 Å². The predicted molar refractivity (Wildman–Crippen MR) is 229 cm³/mol. The number of carbonyl (C=O) groups is 2. The first-order chi connectivity index (χ1) is 29.0. The van der Waals surface area contributed by atoms with Gasteiger partial charge in [0.15, 0.2) is 9.84 Å². The Balaban J connectivity index is 0.872. The molecule has 0 spiro atoms. The van der Waals surface area contributed by atoms with Crippen LogP contribution in [0.25, 0.3) is 0 Å². The molecule has 1 saturated carbocycles. The van der Waals surface area contributed by atoms with E-state index in [0.29, 0.717) is 19.5 Å². The molecule has 11 nitrogen and oxygen atoms in total. The standard InChI is InChI=1S/C46H64F2N6O5S/c1-59-44(56)49-42-12-6-11-41(42)46(34-51-24-8-25-51,36-9-5-10-37(47)29-36)35-18-26-52(27-19-35)32-45(48)20-28-53(33-45)38-14-16-39(17-15-38)60(57,58)40-30-54(31-40)43(55)13-7-23-50-21-3-2-4-22-50/h5,7,9-10,13-17,29,35,40-42H,2-4,6,8,11-12,18-28,30-34H2,1H3,(H,49,56)/b13-7+/t41-,42-,45+,46-/m0/s1. The second-order valence-corrected chi connectivity index (χ2v) is 20.7. The van der Waals surface area contributed by atoms with Gasteiger partial charge in [0.25, 0.3) is 0 Å². The van der Waals surface area contributed by atoms with Crippen LogP contribution in [-0.2, 0) is 24.8 Å². The van der Waals surface area contributed by atoms with Crippen molar-refractivity contribution in [2.24, 2.45) is 11.8 Å². The number of anilines is 1. The van der Waals surface area contributed by atoms with Crippen LogP contribution in [0.4, 0.5) is 19.3 Å². The van der Waals surface area contributed by atoms with Crippen LogP contribution >= 0.6 is 0 Å². The Kier molecular flexibility index (Phi) is 13.2. The van der Waals surface area contributed by atoms with Crippen molar-refractivity contribution in [2.75, 3.05) is 97.1 Å². The van der Waals surface area contributed by atoms with E-state index in [1.54, 1.807) is 41.3 Å². The van der Waals surface area contributed by atoms with Gasteiger partial charge >= 0.3 is 6.09 Å². The summed E-state index contributed by atoms with van der Waals surface area (Å²) in [4.78, 5) is 36.1. The quantitative estimate of drug-likeness (QED) is 0.242. The molecule has 5 heterocycles. The molecule has 1 N–H and O–H groups in total. The highest BCUT2D eigenvalue weighted by Crippen LogP contribution is 2.52. The summed E-state index contributed by atoms with van der Waals surface area (Å²) in [6, 6.07) is 13.8. The first-order valence-corrected chi connectivity index (χ1v) is 24.0. The van der Waals surface area contributed by atoms with Crippen molar-refractivity contribution in [2.45, 2.75) is 91.5 Å². The second kappa shape index (κ2) is 18.4. The molecule has 8 rings (SSSR count). The largest absolute Gasteiger partial charge is 0.453 e. The van der Waals surface area contributed by atoms with E-state index >= 15 is 8.78 Å². The van der Waals surface area contributed by atoms with E-state index < -0.39 is 26.8 Å². The maximum absolute atomic E-state index is 16.7. The highest BCUT2D eigenvalue weighted by atomic mass is 32.2. The molecule has 2 aromatic rings. The molecule has 4 atom stereocenters. The van der Waals surface area contributed by atoms with E-state index in [1.807, 2.05) is 17.0 Å². The molecule has 60 heavy (non-hydrogen) atoms. The van der Waals surface area contributed by atoms with Gasteiger partial charge in [0.2, 0.25) is 5.91 Å². The van der Waals surface area contributed by atoms with Gasteiger partial charge in [0, 0.05) is 68.9 Å². The van der Waals surface area contributed by atoms with Crippen LogP contribution in [0.1, 0.15) is 69.8 Å². The van der Waals surface area contributed by atoms with Crippen LogP contribution in [0.2, 0.25) is 0 Å². The molecule has 1 aliphatic carbocycles. The number of hydrogen-bond acceptors (Lipinski definition) is 9. The Bertz CT molecular complexity index is 1950. The zero-order valence-electron chi connectivity index (χ0n) is 35.3. The van der Waals surface area contributed by atoms with E-state index in [0.717, 1.165) is 102 Å². The first-order valence-electron chi connectivity index (χ1n) is 22.5. The Morgan fingerprint density at radius 1 is 0.883 bits per heavy atom. The van der Waals surface area contributed by atoms with E-state index in [-0.39, 0.29) is 59.5 Å². The minimum atomic E-state index is -3.62. The minimum absolute atomic E-state index is 0.0753. The molecule has 6 aliphatic rings. The van der Waals surface area contributed by atoms with Gasteiger partial charge in [-0.15, -0.1) is 0 Å². The number of benzene rings is 2. The summed E-state index contributed by atoms with van der Waals surface area (Å²) >= 11 is 0. The maximum atomic E-state index is 16.7. The van der Waals surface area contributed by atoms with Gasteiger partial charge in [-0.3, -0.25) is 9.69 Å². The van der Waals surface area contributed by atoms with Crippen LogP contribution in [-0.4, -0.2) is 149 Å². The number of halogens is 2. The van der Waals surface area contributed by atoms with Crippen LogP contribution in [0, 0.1) is 17.7 Å². The molecule has 328 valence electrons. The lowest BCUT2D eigenvalue weighted by atomic mass is 9.57. The summed E-state index contributed by atoms with van der Waals surface area (Å²) in [5.74, 6) is -0.0592. The molecule has 5 aliphatic heterocycles. The lowest BCUT2D eigenvalue weighted by Crippen LogP contribution is -2.59. The number of hydrogen-bond donors (Lipinski definition) is 1. The van der Waals surface area contributed by atoms with Crippen molar-refractivity contribution in [1.29, 1.82) is 0 Å². The van der Waals surface area contributed by atoms with Gasteiger partial charge in [-0.05, 0) is 138 Å². The molecule has 0 aromatic heterocycles. The molecule has 0 bridgehead atoms. The third-order valence-electron chi connectivity index (χ3n) is 14.8. The summed E-state index contributed by atoms with van der Waals surface area (Å²) in [6.45, 7) is 8.61. The van der Waals surface area contributed by atoms with Gasteiger partial charge in [-0.1, -0.05) is 31.1 Å². The van der Waals surface area contributed by atoms with E-state index in [9.17, 15) is 18.0 Å². The van der Waals surface area contributed by atoms with Crippen LogP contribution < -0.4 is 10.2 Å². The number of likely N-dealkylation sites (tertiary alicyclic amines) is 4. The number of sulfone groups is 1. The molecular weight excluding hydrogens is 787 g/mol. The number of nitrogens with one attached hydrogen (secondary N) is 1. The number of rotatable bonds is 14. The average molecular weight is 851 g/mol. The normalized spacial score (nSPS) is 27.4. The summed E-state index contributed by atoms with van der Waals surface area (Å²) < 4.78 is 63.8. The summed E-state index contributed by atoms with van der Waals surface area (Å²) in [7, 11) is -2.22. The summed E-state index contributed by atoms with van der Waals surface area (Å²) in [6.07, 6.45) is 12.7. The smallest absolute Gasteiger partial charge is 0.407 e. The number of carbonyl (C=O) groups excluding carboxylic acids is 2. The van der Waals surface area contributed by atoms with Gasteiger partial charge in [0.1, 0.15) is 16.7 Å². The van der Waals surface area contributed by atoms with Crippen LogP contribution in [0.15, 0.2) is 65.6 Å². The van der Waals surface area contributed by atoms with E-state index in [1.165, 1.54) is 32.4 Å². The van der Waals surface area contributed by atoms with E-state index in [2.05, 4.69) is 26.1 Å². The molecule has 6 fully saturated rings. The highest BCUT2D eigenvalue weighted by Gasteiger charge is 2.53. The maximum Gasteiger partial charge on any atom is 0.407 e. The van der Waals surface area contributed by atoms with Gasteiger partial charge in [-0.25, -0.2) is 22.0 Å². The summed E-state index contributed by atoms with van der Waals surface area (Å²) in [5.41, 5.74) is 0.00129. The molecule has 0 radical (unpaired) electrons.